The number of hydrogen-bond acceptors (Lipinski definition) is 6. The molecule has 0 saturated carbocycles. The lowest BCUT2D eigenvalue weighted by atomic mass is 10.0. The van der Waals surface area contributed by atoms with Gasteiger partial charge in [-0.15, -0.1) is 0 Å². The lowest BCUT2D eigenvalue weighted by Crippen LogP contribution is -2.15. The summed E-state index contributed by atoms with van der Waals surface area (Å²) < 4.78 is 17.3. The second-order valence-electron chi connectivity index (χ2n) is 7.41. The Hall–Kier alpha value is -3.37. The normalized spacial score (nSPS) is 11.1. The maximum absolute atomic E-state index is 12.3. The van der Waals surface area contributed by atoms with Crippen LogP contribution in [0.3, 0.4) is 0 Å². The van der Waals surface area contributed by atoms with Crippen LogP contribution in [0.5, 0.6) is 11.5 Å². The Morgan fingerprint density at radius 1 is 0.931 bits per heavy atom. The number of rotatable bonds is 6. The first-order valence-electron chi connectivity index (χ1n) is 9.38. The molecule has 1 aromatic heterocycles. The maximum Gasteiger partial charge on any atom is 0.313 e. The minimum absolute atomic E-state index is 0.100. The number of benzene rings is 2. The van der Waals surface area contributed by atoms with E-state index in [9.17, 15) is 14.4 Å². The summed E-state index contributed by atoms with van der Waals surface area (Å²) in [4.78, 5) is 35.6. The van der Waals surface area contributed by atoms with Crippen LogP contribution in [0.4, 0.5) is 0 Å². The van der Waals surface area contributed by atoms with Crippen LogP contribution in [0.15, 0.2) is 40.5 Å². The van der Waals surface area contributed by atoms with E-state index >= 15 is 0 Å². The molecule has 29 heavy (non-hydrogen) atoms. The molecule has 0 N–H and O–H groups in total. The predicted molar refractivity (Wildman–Crippen MR) is 109 cm³/mol. The van der Waals surface area contributed by atoms with Gasteiger partial charge in [-0.3, -0.25) is 9.59 Å². The molecule has 0 spiro atoms. The summed E-state index contributed by atoms with van der Waals surface area (Å²) in [5.74, 6) is 1.36. The summed E-state index contributed by atoms with van der Waals surface area (Å²) in [6, 6.07) is 8.69. The Morgan fingerprint density at radius 3 is 2.07 bits per heavy atom. The molecule has 0 atom stereocenters. The quantitative estimate of drug-likeness (QED) is 0.190. The highest BCUT2D eigenvalue weighted by Crippen LogP contribution is 2.45. The van der Waals surface area contributed by atoms with Crippen LogP contribution in [-0.2, 0) is 9.59 Å². The topological polar surface area (TPSA) is 82.8 Å². The van der Waals surface area contributed by atoms with Crippen LogP contribution in [0.2, 0.25) is 0 Å². The van der Waals surface area contributed by atoms with Gasteiger partial charge in [-0.2, -0.15) is 0 Å². The van der Waals surface area contributed by atoms with Crippen molar-refractivity contribution >= 4 is 39.4 Å². The zero-order chi connectivity index (χ0) is 21.3. The number of ketones is 1. The molecule has 0 aliphatic carbocycles. The molecule has 0 aliphatic heterocycles. The first kappa shape index (κ1) is 20.4. The van der Waals surface area contributed by atoms with Gasteiger partial charge in [-0.25, -0.2) is 4.79 Å². The third-order valence-corrected chi connectivity index (χ3v) is 4.46. The first-order chi connectivity index (χ1) is 13.7. The summed E-state index contributed by atoms with van der Waals surface area (Å²) in [7, 11) is 0. The Kier molecular flexibility index (Phi) is 5.57. The Morgan fingerprint density at radius 2 is 1.55 bits per heavy atom. The van der Waals surface area contributed by atoms with Crippen molar-refractivity contribution in [3.05, 3.63) is 41.9 Å². The molecular formula is C23H22O6. The van der Waals surface area contributed by atoms with Gasteiger partial charge in [0.15, 0.2) is 34.6 Å². The second kappa shape index (κ2) is 7.94. The van der Waals surface area contributed by atoms with Gasteiger partial charge in [-0.1, -0.05) is 52.0 Å². The lowest BCUT2D eigenvalue weighted by molar-refractivity contribution is -0.137. The molecule has 150 valence electrons. The van der Waals surface area contributed by atoms with Crippen LogP contribution in [0.25, 0.3) is 21.7 Å². The van der Waals surface area contributed by atoms with Gasteiger partial charge in [-0.05, 0) is 6.07 Å². The molecule has 0 unspecified atom stereocenters. The third kappa shape index (κ3) is 3.80. The smallest absolute Gasteiger partial charge is 0.313 e. The zero-order valence-corrected chi connectivity index (χ0v) is 17.0. The number of Topliss-reactive ketones (excluding diaryl/α,β-unsaturated/α-hetero) is 1. The number of carbonyl (C=O) groups excluding carboxylic acids is 3. The minimum Gasteiger partial charge on any atom is -0.449 e. The van der Waals surface area contributed by atoms with E-state index < -0.39 is 5.97 Å². The van der Waals surface area contributed by atoms with E-state index in [2.05, 4.69) is 0 Å². The first-order valence-corrected chi connectivity index (χ1v) is 9.38. The Bertz CT molecular complexity index is 1160. The van der Waals surface area contributed by atoms with E-state index in [-0.39, 0.29) is 40.5 Å². The molecule has 1 heterocycles. The van der Waals surface area contributed by atoms with E-state index in [4.69, 9.17) is 13.9 Å². The standard InChI is InChI=1S/C23H22O6/c1-12(2)19(11-24)28-20-15-8-6-7-9-16(15)21(29-23(26)13(3)4)22-17(20)10-18(27-22)14(5)25/h6-10,12-13H,1-5H3. The zero-order valence-electron chi connectivity index (χ0n) is 17.0. The summed E-state index contributed by atoms with van der Waals surface area (Å²) in [6.07, 6.45) is 0. The summed E-state index contributed by atoms with van der Waals surface area (Å²) in [5.41, 5.74) is 0.215. The van der Waals surface area contributed by atoms with Crippen LogP contribution < -0.4 is 9.47 Å². The number of allylic oxidation sites excluding steroid dienone is 1. The minimum atomic E-state index is -0.429. The van der Waals surface area contributed by atoms with E-state index in [0.29, 0.717) is 21.9 Å². The highest BCUT2D eigenvalue weighted by atomic mass is 16.5. The fourth-order valence-corrected chi connectivity index (χ4v) is 2.84. The van der Waals surface area contributed by atoms with E-state index in [1.165, 1.54) is 13.0 Å². The molecule has 2 aromatic carbocycles. The monoisotopic (exact) mass is 394 g/mol. The molecule has 0 aliphatic rings. The van der Waals surface area contributed by atoms with Gasteiger partial charge in [0.05, 0.1) is 11.3 Å². The fraction of sp³-hybridized carbons (Fsp3) is 0.304. The molecule has 0 saturated heterocycles. The van der Waals surface area contributed by atoms with Gasteiger partial charge in [0.25, 0.3) is 0 Å². The number of esters is 1. The van der Waals surface area contributed by atoms with Crippen molar-refractivity contribution in [2.45, 2.75) is 34.6 Å². The summed E-state index contributed by atoms with van der Waals surface area (Å²) in [6.45, 7) is 8.46. The van der Waals surface area contributed by atoms with E-state index in [1.807, 2.05) is 19.8 Å². The molecule has 6 heteroatoms. The predicted octanol–water partition coefficient (Wildman–Crippen LogP) is 5.10. The lowest BCUT2D eigenvalue weighted by Gasteiger charge is -2.16. The van der Waals surface area contributed by atoms with Gasteiger partial charge < -0.3 is 13.9 Å². The van der Waals surface area contributed by atoms with Crippen LogP contribution >= 0.6 is 0 Å². The molecular weight excluding hydrogens is 372 g/mol. The molecule has 6 nitrogen and oxygen atoms in total. The molecule has 3 rings (SSSR count). The van der Waals surface area contributed by atoms with Crippen molar-refractivity contribution in [3.63, 3.8) is 0 Å². The van der Waals surface area contributed by atoms with Crippen molar-refractivity contribution in [1.29, 1.82) is 0 Å². The number of furan rings is 1. The van der Waals surface area contributed by atoms with Crippen molar-refractivity contribution < 1.29 is 28.3 Å². The maximum atomic E-state index is 12.3. The van der Waals surface area contributed by atoms with E-state index in [1.54, 1.807) is 38.1 Å². The summed E-state index contributed by atoms with van der Waals surface area (Å²) in [5, 5.41) is 1.63. The van der Waals surface area contributed by atoms with Crippen LogP contribution in [0.1, 0.15) is 45.2 Å². The average Bonchev–Trinajstić information content (AvgIpc) is 3.12. The SMILES string of the molecule is CC(=O)c1cc2c(OC(=C=O)C(C)C)c3ccccc3c(OC(=O)C(C)C)c2o1. The third-order valence-electron chi connectivity index (χ3n) is 4.46. The van der Waals surface area contributed by atoms with Gasteiger partial charge in [0.1, 0.15) is 5.75 Å². The van der Waals surface area contributed by atoms with Crippen molar-refractivity contribution in [1.82, 2.24) is 0 Å². The van der Waals surface area contributed by atoms with Gasteiger partial charge in [0.2, 0.25) is 0 Å². The highest BCUT2D eigenvalue weighted by molar-refractivity contribution is 6.12. The molecule has 0 radical (unpaired) electrons. The molecule has 0 bridgehead atoms. The van der Waals surface area contributed by atoms with Crippen molar-refractivity contribution in [2.75, 3.05) is 0 Å². The van der Waals surface area contributed by atoms with Crippen LogP contribution in [-0.4, -0.2) is 17.7 Å². The Balaban J connectivity index is 2.39. The van der Waals surface area contributed by atoms with Gasteiger partial charge >= 0.3 is 5.97 Å². The molecule has 0 amide bonds. The Labute approximate surface area is 168 Å². The number of hydrogen-bond donors (Lipinski definition) is 0. The van der Waals surface area contributed by atoms with Crippen LogP contribution in [0, 0.1) is 11.8 Å². The van der Waals surface area contributed by atoms with E-state index in [0.717, 1.165) is 0 Å². The molecule has 3 aromatic rings. The fourth-order valence-electron chi connectivity index (χ4n) is 2.84. The van der Waals surface area contributed by atoms with Gasteiger partial charge in [0, 0.05) is 23.6 Å². The summed E-state index contributed by atoms with van der Waals surface area (Å²) >= 11 is 0. The average molecular weight is 394 g/mol. The number of carbonyl (C=O) groups is 2. The van der Waals surface area contributed by atoms with Crippen molar-refractivity contribution in [2.24, 2.45) is 11.8 Å². The number of ether oxygens (including phenoxy) is 2. The highest BCUT2D eigenvalue weighted by Gasteiger charge is 2.25. The largest absolute Gasteiger partial charge is 0.449 e. The van der Waals surface area contributed by atoms with Crippen molar-refractivity contribution in [3.8, 4) is 11.5 Å². The number of fused-ring (bicyclic) bond motifs is 2. The molecule has 0 fully saturated rings. The second-order valence-corrected chi connectivity index (χ2v) is 7.41.